The monoisotopic (exact) mass is 207 g/mol. The van der Waals surface area contributed by atoms with Crippen LogP contribution in [0.25, 0.3) is 0 Å². The maximum absolute atomic E-state index is 11.4. The molecule has 15 heavy (non-hydrogen) atoms. The number of carbonyl (C=O) groups is 1. The van der Waals surface area contributed by atoms with Crippen LogP contribution in [0.5, 0.6) is 0 Å². The van der Waals surface area contributed by atoms with E-state index < -0.39 is 0 Å². The van der Waals surface area contributed by atoms with Crippen molar-refractivity contribution < 1.29 is 9.53 Å². The van der Waals surface area contributed by atoms with Crippen molar-refractivity contribution in [2.45, 2.75) is 12.6 Å². The summed E-state index contributed by atoms with van der Waals surface area (Å²) in [6.45, 7) is 1.35. The maximum atomic E-state index is 11.4. The Morgan fingerprint density at radius 2 is 2.27 bits per heavy atom. The molecule has 2 heterocycles. The van der Waals surface area contributed by atoms with Gasteiger partial charge in [0.05, 0.1) is 6.04 Å². The highest BCUT2D eigenvalue weighted by Gasteiger charge is 2.31. The molecule has 1 atom stereocenters. The van der Waals surface area contributed by atoms with E-state index in [1.807, 2.05) is 12.1 Å². The minimum absolute atomic E-state index is 0.00864. The van der Waals surface area contributed by atoms with Gasteiger partial charge in [-0.15, -0.1) is 0 Å². The average molecular weight is 207 g/mol. The van der Waals surface area contributed by atoms with Crippen molar-refractivity contribution in [2.24, 2.45) is 5.73 Å². The minimum atomic E-state index is -0.290. The first-order valence-electron chi connectivity index (χ1n) is 4.83. The SMILES string of the molecule is NCC1COC(=O)N1Cc1ccncc1. The molecule has 1 saturated heterocycles. The van der Waals surface area contributed by atoms with E-state index >= 15 is 0 Å². The fourth-order valence-corrected chi connectivity index (χ4v) is 1.56. The first kappa shape index (κ1) is 9.92. The molecule has 1 amide bonds. The van der Waals surface area contributed by atoms with Crippen LogP contribution in [0.1, 0.15) is 5.56 Å². The molecule has 5 heteroatoms. The number of amides is 1. The Labute approximate surface area is 87.8 Å². The second-order valence-electron chi connectivity index (χ2n) is 3.45. The minimum Gasteiger partial charge on any atom is -0.447 e. The first-order valence-corrected chi connectivity index (χ1v) is 4.83. The highest BCUT2D eigenvalue weighted by molar-refractivity contribution is 5.70. The van der Waals surface area contributed by atoms with Gasteiger partial charge in [0, 0.05) is 25.5 Å². The second-order valence-corrected chi connectivity index (χ2v) is 3.45. The van der Waals surface area contributed by atoms with Gasteiger partial charge in [0.1, 0.15) is 6.61 Å². The summed E-state index contributed by atoms with van der Waals surface area (Å²) in [5.41, 5.74) is 6.58. The summed E-state index contributed by atoms with van der Waals surface area (Å²) in [7, 11) is 0. The van der Waals surface area contributed by atoms with Crippen LogP contribution in [-0.2, 0) is 11.3 Å². The quantitative estimate of drug-likeness (QED) is 0.777. The van der Waals surface area contributed by atoms with E-state index in [0.717, 1.165) is 5.56 Å². The number of pyridine rings is 1. The summed E-state index contributed by atoms with van der Waals surface area (Å²) < 4.78 is 4.93. The lowest BCUT2D eigenvalue weighted by Crippen LogP contribution is -2.38. The number of hydrogen-bond donors (Lipinski definition) is 1. The Morgan fingerprint density at radius 1 is 1.53 bits per heavy atom. The number of nitrogens with zero attached hydrogens (tertiary/aromatic N) is 2. The molecule has 0 bridgehead atoms. The molecule has 1 aromatic heterocycles. The summed E-state index contributed by atoms with van der Waals surface area (Å²) in [5.74, 6) is 0. The topological polar surface area (TPSA) is 68.5 Å². The zero-order chi connectivity index (χ0) is 10.7. The summed E-state index contributed by atoms with van der Waals surface area (Å²) in [5, 5.41) is 0. The van der Waals surface area contributed by atoms with E-state index in [2.05, 4.69) is 4.98 Å². The fraction of sp³-hybridized carbons (Fsp3) is 0.400. The lowest BCUT2D eigenvalue weighted by Gasteiger charge is -2.19. The van der Waals surface area contributed by atoms with Crippen LogP contribution in [0, 0.1) is 0 Å². The highest BCUT2D eigenvalue weighted by Crippen LogP contribution is 2.15. The third-order valence-corrected chi connectivity index (χ3v) is 2.45. The van der Waals surface area contributed by atoms with Gasteiger partial charge in [-0.25, -0.2) is 4.79 Å². The van der Waals surface area contributed by atoms with Crippen LogP contribution in [-0.4, -0.2) is 35.2 Å². The van der Waals surface area contributed by atoms with Crippen molar-refractivity contribution in [1.29, 1.82) is 0 Å². The van der Waals surface area contributed by atoms with Crippen molar-refractivity contribution in [3.05, 3.63) is 30.1 Å². The van der Waals surface area contributed by atoms with Crippen LogP contribution in [0.4, 0.5) is 4.79 Å². The largest absolute Gasteiger partial charge is 0.447 e. The van der Waals surface area contributed by atoms with Crippen molar-refractivity contribution in [3.63, 3.8) is 0 Å². The number of ether oxygens (including phenoxy) is 1. The van der Waals surface area contributed by atoms with Gasteiger partial charge in [0.25, 0.3) is 0 Å². The molecule has 1 unspecified atom stereocenters. The van der Waals surface area contributed by atoms with E-state index in [0.29, 0.717) is 19.7 Å². The van der Waals surface area contributed by atoms with Gasteiger partial charge < -0.3 is 10.5 Å². The van der Waals surface area contributed by atoms with Crippen molar-refractivity contribution >= 4 is 6.09 Å². The van der Waals surface area contributed by atoms with Gasteiger partial charge in [0.2, 0.25) is 0 Å². The molecule has 2 N–H and O–H groups in total. The molecule has 1 fully saturated rings. The predicted molar refractivity (Wildman–Crippen MR) is 54.0 cm³/mol. The predicted octanol–water partition coefficient (Wildman–Crippen LogP) is 0.361. The number of hydrogen-bond acceptors (Lipinski definition) is 4. The van der Waals surface area contributed by atoms with E-state index in [1.54, 1.807) is 17.3 Å². The Bertz CT molecular complexity index is 342. The van der Waals surface area contributed by atoms with Gasteiger partial charge in [-0.1, -0.05) is 0 Å². The smallest absolute Gasteiger partial charge is 0.410 e. The number of carbonyl (C=O) groups excluding carboxylic acids is 1. The standard InChI is InChI=1S/C10H13N3O2/c11-5-9-7-15-10(14)13(9)6-8-1-3-12-4-2-8/h1-4,9H,5-7,11H2. The summed E-state index contributed by atoms with van der Waals surface area (Å²) in [6.07, 6.45) is 3.12. The Morgan fingerprint density at radius 3 is 2.93 bits per heavy atom. The van der Waals surface area contributed by atoms with Gasteiger partial charge in [-0.2, -0.15) is 0 Å². The molecular formula is C10H13N3O2. The molecule has 0 saturated carbocycles. The number of nitrogens with two attached hydrogens (primary N) is 1. The maximum Gasteiger partial charge on any atom is 0.410 e. The Hall–Kier alpha value is -1.62. The molecule has 1 aliphatic rings. The van der Waals surface area contributed by atoms with Crippen molar-refractivity contribution in [1.82, 2.24) is 9.88 Å². The molecule has 2 rings (SSSR count). The Kier molecular flexibility index (Phi) is 2.82. The second kappa shape index (κ2) is 4.27. The molecule has 0 spiro atoms. The van der Waals surface area contributed by atoms with Gasteiger partial charge in [-0.3, -0.25) is 9.88 Å². The van der Waals surface area contributed by atoms with E-state index in [1.165, 1.54) is 0 Å². The van der Waals surface area contributed by atoms with Gasteiger partial charge >= 0.3 is 6.09 Å². The number of cyclic esters (lactones) is 1. The third-order valence-electron chi connectivity index (χ3n) is 2.45. The zero-order valence-corrected chi connectivity index (χ0v) is 8.30. The first-order chi connectivity index (χ1) is 7.31. The van der Waals surface area contributed by atoms with Crippen LogP contribution < -0.4 is 5.73 Å². The number of rotatable bonds is 3. The number of aromatic nitrogens is 1. The summed E-state index contributed by atoms with van der Waals surface area (Å²) >= 11 is 0. The van der Waals surface area contributed by atoms with E-state index in [4.69, 9.17) is 10.5 Å². The average Bonchev–Trinajstić information content (AvgIpc) is 2.62. The van der Waals surface area contributed by atoms with E-state index in [-0.39, 0.29) is 12.1 Å². The molecule has 80 valence electrons. The van der Waals surface area contributed by atoms with Crippen molar-refractivity contribution in [2.75, 3.05) is 13.2 Å². The molecule has 0 aliphatic carbocycles. The molecule has 5 nitrogen and oxygen atoms in total. The lowest BCUT2D eigenvalue weighted by atomic mass is 10.2. The molecule has 1 aliphatic heterocycles. The molecular weight excluding hydrogens is 194 g/mol. The van der Waals surface area contributed by atoms with Crippen LogP contribution in [0.15, 0.2) is 24.5 Å². The molecule has 0 aromatic carbocycles. The molecule has 0 radical (unpaired) electrons. The normalized spacial score (nSPS) is 20.5. The highest BCUT2D eigenvalue weighted by atomic mass is 16.6. The van der Waals surface area contributed by atoms with Gasteiger partial charge in [-0.05, 0) is 17.7 Å². The van der Waals surface area contributed by atoms with E-state index in [9.17, 15) is 4.79 Å². The molecule has 1 aromatic rings. The fourth-order valence-electron chi connectivity index (χ4n) is 1.56. The summed E-state index contributed by atoms with van der Waals surface area (Å²) in [6, 6.07) is 3.74. The van der Waals surface area contributed by atoms with Gasteiger partial charge in [0.15, 0.2) is 0 Å². The Balaban J connectivity index is 2.07. The van der Waals surface area contributed by atoms with Crippen LogP contribution in [0.2, 0.25) is 0 Å². The van der Waals surface area contributed by atoms with Crippen molar-refractivity contribution in [3.8, 4) is 0 Å². The lowest BCUT2D eigenvalue weighted by molar-refractivity contribution is 0.156. The third kappa shape index (κ3) is 2.07. The van der Waals surface area contributed by atoms with Crippen LogP contribution in [0.3, 0.4) is 0 Å². The summed E-state index contributed by atoms with van der Waals surface area (Å²) in [4.78, 5) is 16.9. The van der Waals surface area contributed by atoms with Crippen LogP contribution >= 0.6 is 0 Å². The zero-order valence-electron chi connectivity index (χ0n) is 8.30.